The Morgan fingerprint density at radius 1 is 1.44 bits per heavy atom. The van der Waals surface area contributed by atoms with Crippen LogP contribution in [0.15, 0.2) is 36.5 Å². The lowest BCUT2D eigenvalue weighted by atomic mass is 10.0. The highest BCUT2D eigenvalue weighted by Crippen LogP contribution is 2.27. The van der Waals surface area contributed by atoms with Crippen LogP contribution in [0, 0.1) is 12.3 Å². The van der Waals surface area contributed by atoms with Crippen LogP contribution in [-0.2, 0) is 11.8 Å². The molecule has 1 aromatic heterocycles. The van der Waals surface area contributed by atoms with Gasteiger partial charge in [-0.3, -0.25) is 9.48 Å². The van der Waals surface area contributed by atoms with Gasteiger partial charge in [-0.05, 0) is 43.2 Å². The molecule has 1 fully saturated rings. The number of carbonyl (C=O) groups is 1. The first-order valence-corrected chi connectivity index (χ1v) is 8.24. The van der Waals surface area contributed by atoms with Gasteiger partial charge >= 0.3 is 0 Å². The zero-order valence-electron chi connectivity index (χ0n) is 14.1. The van der Waals surface area contributed by atoms with Gasteiger partial charge in [0, 0.05) is 31.5 Å². The molecule has 1 N–H and O–H groups in total. The van der Waals surface area contributed by atoms with E-state index >= 15 is 0 Å². The van der Waals surface area contributed by atoms with Crippen molar-refractivity contribution in [2.45, 2.75) is 25.0 Å². The molecular formula is C19H21N3O3. The molecule has 1 amide bonds. The van der Waals surface area contributed by atoms with Crippen LogP contribution >= 0.6 is 0 Å². The summed E-state index contributed by atoms with van der Waals surface area (Å²) in [7, 11) is 1.89. The van der Waals surface area contributed by atoms with E-state index in [0.717, 1.165) is 18.5 Å². The monoisotopic (exact) mass is 339 g/mol. The van der Waals surface area contributed by atoms with E-state index in [-0.39, 0.29) is 24.7 Å². The van der Waals surface area contributed by atoms with Gasteiger partial charge < -0.3 is 14.8 Å². The molecule has 1 aliphatic rings. The number of benzene rings is 1. The van der Waals surface area contributed by atoms with Crippen molar-refractivity contribution < 1.29 is 14.3 Å². The van der Waals surface area contributed by atoms with E-state index < -0.39 is 0 Å². The highest BCUT2D eigenvalue weighted by atomic mass is 16.5. The van der Waals surface area contributed by atoms with Crippen LogP contribution in [-0.4, -0.2) is 34.9 Å². The van der Waals surface area contributed by atoms with E-state index in [1.165, 1.54) is 0 Å². The Hall–Kier alpha value is -2.78. The Labute approximate surface area is 147 Å². The Morgan fingerprint density at radius 2 is 2.24 bits per heavy atom. The molecule has 1 saturated heterocycles. The summed E-state index contributed by atoms with van der Waals surface area (Å²) in [4.78, 5) is 12.5. The molecule has 0 unspecified atom stereocenters. The summed E-state index contributed by atoms with van der Waals surface area (Å²) in [6.07, 6.45) is 8.39. The quantitative estimate of drug-likeness (QED) is 0.847. The van der Waals surface area contributed by atoms with E-state index in [4.69, 9.17) is 15.9 Å². The van der Waals surface area contributed by atoms with Gasteiger partial charge in [-0.2, -0.15) is 5.10 Å². The number of terminal acetylenes is 1. The van der Waals surface area contributed by atoms with Gasteiger partial charge in [0.15, 0.2) is 0 Å². The van der Waals surface area contributed by atoms with Gasteiger partial charge in [0.25, 0.3) is 5.91 Å². The molecule has 1 aromatic carbocycles. The molecule has 0 bridgehead atoms. The maximum atomic E-state index is 12.5. The number of rotatable bonds is 5. The fraction of sp³-hybridized carbons (Fsp3) is 0.368. The van der Waals surface area contributed by atoms with Crippen molar-refractivity contribution in [3.05, 3.63) is 47.8 Å². The molecule has 6 heteroatoms. The van der Waals surface area contributed by atoms with Crippen LogP contribution in [0.25, 0.3) is 0 Å². The van der Waals surface area contributed by atoms with Gasteiger partial charge in [0.1, 0.15) is 18.5 Å². The third-order valence-electron chi connectivity index (χ3n) is 4.25. The first-order chi connectivity index (χ1) is 12.2. The predicted molar refractivity (Wildman–Crippen MR) is 93.2 cm³/mol. The first-order valence-electron chi connectivity index (χ1n) is 8.24. The summed E-state index contributed by atoms with van der Waals surface area (Å²) in [5.74, 6) is 2.96. The SMILES string of the molecule is C#CCOc1ccc(C(=O)N[C@@H]2CCO[C@@H](c3ccnn3C)C2)cc1. The van der Waals surface area contributed by atoms with Crippen LogP contribution in [0.5, 0.6) is 5.75 Å². The Kier molecular flexibility index (Phi) is 5.36. The number of nitrogens with one attached hydrogen (secondary N) is 1. The number of ether oxygens (including phenoxy) is 2. The van der Waals surface area contributed by atoms with Crippen molar-refractivity contribution in [3.63, 3.8) is 0 Å². The third-order valence-corrected chi connectivity index (χ3v) is 4.25. The maximum absolute atomic E-state index is 12.5. The number of nitrogens with zero attached hydrogens (tertiary/aromatic N) is 2. The highest BCUT2D eigenvalue weighted by Gasteiger charge is 2.27. The number of amides is 1. The molecule has 2 heterocycles. The van der Waals surface area contributed by atoms with Crippen LogP contribution in [0.3, 0.4) is 0 Å². The first kappa shape index (κ1) is 17.1. The number of hydrogen-bond donors (Lipinski definition) is 1. The molecule has 0 saturated carbocycles. The zero-order chi connectivity index (χ0) is 17.6. The van der Waals surface area contributed by atoms with E-state index in [2.05, 4.69) is 16.3 Å². The number of aromatic nitrogens is 2. The lowest BCUT2D eigenvalue weighted by Crippen LogP contribution is -2.40. The molecule has 3 rings (SSSR count). The summed E-state index contributed by atoms with van der Waals surface area (Å²) >= 11 is 0. The summed E-state index contributed by atoms with van der Waals surface area (Å²) in [5.41, 5.74) is 1.62. The van der Waals surface area contributed by atoms with E-state index in [1.807, 2.05) is 17.8 Å². The maximum Gasteiger partial charge on any atom is 0.251 e. The minimum absolute atomic E-state index is 0.0499. The topological polar surface area (TPSA) is 65.4 Å². The molecule has 0 radical (unpaired) electrons. The average Bonchev–Trinajstić information content (AvgIpc) is 3.06. The minimum atomic E-state index is -0.0980. The van der Waals surface area contributed by atoms with Crippen molar-refractivity contribution in [2.24, 2.45) is 7.05 Å². The largest absolute Gasteiger partial charge is 0.481 e. The zero-order valence-corrected chi connectivity index (χ0v) is 14.1. The molecule has 0 aliphatic carbocycles. The molecule has 1 aliphatic heterocycles. The van der Waals surface area contributed by atoms with Crippen LogP contribution in [0.2, 0.25) is 0 Å². The number of aryl methyl sites for hydroxylation is 1. The van der Waals surface area contributed by atoms with Crippen LogP contribution in [0.1, 0.15) is 35.0 Å². The van der Waals surface area contributed by atoms with Gasteiger partial charge in [-0.15, -0.1) is 6.42 Å². The third kappa shape index (κ3) is 4.20. The van der Waals surface area contributed by atoms with Crippen molar-refractivity contribution in [1.29, 1.82) is 0 Å². The molecule has 0 spiro atoms. The average molecular weight is 339 g/mol. The normalized spacial score (nSPS) is 19.8. The molecule has 6 nitrogen and oxygen atoms in total. The van der Waals surface area contributed by atoms with Crippen molar-refractivity contribution in [2.75, 3.05) is 13.2 Å². The van der Waals surface area contributed by atoms with Crippen LogP contribution < -0.4 is 10.1 Å². The summed E-state index contributed by atoms with van der Waals surface area (Å²) in [6, 6.07) is 8.98. The Bertz CT molecular complexity index is 761. The van der Waals surface area contributed by atoms with E-state index in [1.54, 1.807) is 30.5 Å². The Balaban J connectivity index is 1.59. The second-order valence-corrected chi connectivity index (χ2v) is 5.95. The molecule has 2 atom stereocenters. The summed E-state index contributed by atoms with van der Waals surface area (Å²) < 4.78 is 13.0. The van der Waals surface area contributed by atoms with E-state index in [9.17, 15) is 4.79 Å². The van der Waals surface area contributed by atoms with Gasteiger partial charge in [-0.1, -0.05) is 5.92 Å². The summed E-state index contributed by atoms with van der Waals surface area (Å²) in [5, 5.41) is 7.27. The standard InChI is InChI=1S/C19H21N3O3/c1-3-11-24-16-6-4-14(5-7-16)19(23)21-15-9-12-25-18(13-15)17-8-10-20-22(17)2/h1,4-8,10,15,18H,9,11-13H2,2H3,(H,21,23)/t15-,18-/m1/s1. The second kappa shape index (κ2) is 7.86. The van der Waals surface area contributed by atoms with Gasteiger partial charge in [0.05, 0.1) is 5.69 Å². The fourth-order valence-corrected chi connectivity index (χ4v) is 2.93. The Morgan fingerprint density at radius 3 is 2.92 bits per heavy atom. The summed E-state index contributed by atoms with van der Waals surface area (Å²) in [6.45, 7) is 0.822. The number of carbonyl (C=O) groups excluding carboxylic acids is 1. The van der Waals surface area contributed by atoms with Crippen molar-refractivity contribution in [3.8, 4) is 18.1 Å². The molecule has 130 valence electrons. The molecular weight excluding hydrogens is 318 g/mol. The number of hydrogen-bond acceptors (Lipinski definition) is 4. The van der Waals surface area contributed by atoms with E-state index in [0.29, 0.717) is 17.9 Å². The minimum Gasteiger partial charge on any atom is -0.481 e. The molecule has 25 heavy (non-hydrogen) atoms. The lowest BCUT2D eigenvalue weighted by molar-refractivity contribution is -0.00353. The highest BCUT2D eigenvalue weighted by molar-refractivity contribution is 5.94. The van der Waals surface area contributed by atoms with Crippen LogP contribution in [0.4, 0.5) is 0 Å². The van der Waals surface area contributed by atoms with Gasteiger partial charge in [0.2, 0.25) is 0 Å². The van der Waals surface area contributed by atoms with Crippen molar-refractivity contribution in [1.82, 2.24) is 15.1 Å². The lowest BCUT2D eigenvalue weighted by Gasteiger charge is -2.30. The molecule has 2 aromatic rings. The predicted octanol–water partition coefficient (Wildman–Crippen LogP) is 2.08. The van der Waals surface area contributed by atoms with Crippen molar-refractivity contribution >= 4 is 5.91 Å². The fourth-order valence-electron chi connectivity index (χ4n) is 2.93. The smallest absolute Gasteiger partial charge is 0.251 e. The van der Waals surface area contributed by atoms with Gasteiger partial charge in [-0.25, -0.2) is 0 Å². The second-order valence-electron chi connectivity index (χ2n) is 5.95.